The Bertz CT molecular complexity index is 1190. The predicted octanol–water partition coefficient (Wildman–Crippen LogP) is 4.55. The number of benzene rings is 2. The lowest BCUT2D eigenvalue weighted by atomic mass is 9.87. The summed E-state index contributed by atoms with van der Waals surface area (Å²) in [6, 6.07) is 14.7. The molecule has 1 saturated heterocycles. The van der Waals surface area contributed by atoms with Crippen molar-refractivity contribution in [2.24, 2.45) is 5.92 Å². The number of alkyl halides is 1. The first-order valence-corrected chi connectivity index (χ1v) is 12.0. The highest BCUT2D eigenvalue weighted by Gasteiger charge is 2.38. The highest BCUT2D eigenvalue weighted by molar-refractivity contribution is 6.03. The van der Waals surface area contributed by atoms with Crippen molar-refractivity contribution in [3.8, 4) is 0 Å². The predicted molar refractivity (Wildman–Crippen MR) is 138 cm³/mol. The van der Waals surface area contributed by atoms with Crippen LogP contribution in [0.2, 0.25) is 0 Å². The van der Waals surface area contributed by atoms with Crippen LogP contribution in [-0.2, 0) is 9.59 Å². The SMILES string of the molecule is Nc1ccccc1NC(=O)/C=C/c1ccc(C2CN(CCF)CC2C(=O)NC2=CC=C(F)CC2)cc1. The van der Waals surface area contributed by atoms with E-state index in [0.29, 0.717) is 36.6 Å². The fraction of sp³-hybridized carbons (Fsp3) is 0.286. The second-order valence-corrected chi connectivity index (χ2v) is 9.03. The molecule has 0 radical (unpaired) electrons. The van der Waals surface area contributed by atoms with E-state index < -0.39 is 6.67 Å². The summed E-state index contributed by atoms with van der Waals surface area (Å²) < 4.78 is 26.3. The molecule has 0 spiro atoms. The molecule has 36 heavy (non-hydrogen) atoms. The molecule has 0 saturated carbocycles. The van der Waals surface area contributed by atoms with Gasteiger partial charge in [0.25, 0.3) is 0 Å². The topological polar surface area (TPSA) is 87.5 Å². The molecule has 4 rings (SSSR count). The van der Waals surface area contributed by atoms with Crippen molar-refractivity contribution < 1.29 is 18.4 Å². The Kier molecular flexibility index (Phi) is 8.28. The van der Waals surface area contributed by atoms with Gasteiger partial charge in [0.05, 0.1) is 17.3 Å². The fourth-order valence-corrected chi connectivity index (χ4v) is 4.57. The molecule has 6 nitrogen and oxygen atoms in total. The van der Waals surface area contributed by atoms with Gasteiger partial charge >= 0.3 is 0 Å². The summed E-state index contributed by atoms with van der Waals surface area (Å²) in [6.45, 7) is 0.837. The first-order chi connectivity index (χ1) is 17.4. The summed E-state index contributed by atoms with van der Waals surface area (Å²) in [5.41, 5.74) is 9.40. The molecule has 1 aliphatic carbocycles. The van der Waals surface area contributed by atoms with Crippen molar-refractivity contribution in [1.29, 1.82) is 0 Å². The number of nitrogens with zero attached hydrogens (tertiary/aromatic N) is 1. The van der Waals surface area contributed by atoms with Crippen molar-refractivity contribution >= 4 is 29.3 Å². The number of nitrogen functional groups attached to an aromatic ring is 1. The number of likely N-dealkylation sites (tertiary alicyclic amines) is 1. The molecule has 1 aliphatic heterocycles. The molecular formula is C28H30F2N4O2. The van der Waals surface area contributed by atoms with Gasteiger partial charge in [-0.25, -0.2) is 8.78 Å². The number of anilines is 2. The third-order valence-electron chi connectivity index (χ3n) is 6.53. The minimum Gasteiger partial charge on any atom is -0.397 e. The van der Waals surface area contributed by atoms with E-state index in [2.05, 4.69) is 10.6 Å². The lowest BCUT2D eigenvalue weighted by Gasteiger charge is -2.20. The number of halogens is 2. The summed E-state index contributed by atoms with van der Waals surface area (Å²) in [5.74, 6) is -1.08. The average Bonchev–Trinajstić information content (AvgIpc) is 3.30. The molecule has 2 aromatic carbocycles. The van der Waals surface area contributed by atoms with Gasteiger partial charge in [0.1, 0.15) is 12.5 Å². The number of carbonyl (C=O) groups is 2. The van der Waals surface area contributed by atoms with E-state index in [-0.39, 0.29) is 42.4 Å². The maximum absolute atomic E-state index is 13.3. The maximum Gasteiger partial charge on any atom is 0.248 e. The van der Waals surface area contributed by atoms with Crippen LogP contribution in [-0.4, -0.2) is 43.0 Å². The lowest BCUT2D eigenvalue weighted by molar-refractivity contribution is -0.124. The molecule has 0 aromatic heterocycles. The van der Waals surface area contributed by atoms with Crippen LogP contribution in [0.15, 0.2) is 78.3 Å². The summed E-state index contributed by atoms with van der Waals surface area (Å²) in [6.07, 6.45) is 6.84. The van der Waals surface area contributed by atoms with Crippen LogP contribution in [0, 0.1) is 5.92 Å². The van der Waals surface area contributed by atoms with Crippen LogP contribution < -0.4 is 16.4 Å². The Balaban J connectivity index is 1.42. The highest BCUT2D eigenvalue weighted by Crippen LogP contribution is 2.33. The number of nitrogens with two attached hydrogens (primary N) is 1. The lowest BCUT2D eigenvalue weighted by Crippen LogP contribution is -2.34. The van der Waals surface area contributed by atoms with Crippen LogP contribution in [0.1, 0.15) is 29.9 Å². The Labute approximate surface area is 209 Å². The molecule has 1 fully saturated rings. The third kappa shape index (κ3) is 6.46. The third-order valence-corrected chi connectivity index (χ3v) is 6.53. The molecular weight excluding hydrogens is 462 g/mol. The van der Waals surface area contributed by atoms with Crippen molar-refractivity contribution in [3.63, 3.8) is 0 Å². The van der Waals surface area contributed by atoms with E-state index in [1.54, 1.807) is 36.4 Å². The number of rotatable bonds is 8. The van der Waals surface area contributed by atoms with E-state index >= 15 is 0 Å². The molecule has 2 aliphatic rings. The van der Waals surface area contributed by atoms with E-state index in [4.69, 9.17) is 5.73 Å². The second kappa shape index (κ2) is 11.8. The molecule has 8 heteroatoms. The second-order valence-electron chi connectivity index (χ2n) is 9.03. The van der Waals surface area contributed by atoms with Crippen molar-refractivity contribution in [1.82, 2.24) is 10.2 Å². The molecule has 2 atom stereocenters. The molecule has 4 N–H and O–H groups in total. The summed E-state index contributed by atoms with van der Waals surface area (Å²) in [4.78, 5) is 27.3. The standard InChI is InChI=1S/C28H30F2N4O2/c29-15-16-34-17-23(24(18-34)28(36)32-22-12-10-21(30)11-13-22)20-8-5-19(6-9-20)7-14-27(35)33-26-4-2-1-3-25(26)31/h1-10,12,14,23-24H,11,13,15-18,31H2,(H,32,36)(H,33,35)/b14-7+. The van der Waals surface area contributed by atoms with Gasteiger partial charge < -0.3 is 16.4 Å². The zero-order chi connectivity index (χ0) is 25.5. The van der Waals surface area contributed by atoms with Crippen LogP contribution in [0.4, 0.5) is 20.2 Å². The van der Waals surface area contributed by atoms with E-state index in [9.17, 15) is 18.4 Å². The number of hydrogen-bond donors (Lipinski definition) is 3. The first kappa shape index (κ1) is 25.3. The molecule has 1 heterocycles. The van der Waals surface area contributed by atoms with Crippen molar-refractivity contribution in [3.05, 3.63) is 89.4 Å². The van der Waals surface area contributed by atoms with E-state index in [1.807, 2.05) is 29.2 Å². The Morgan fingerprint density at radius 3 is 2.50 bits per heavy atom. The molecule has 0 bridgehead atoms. The van der Waals surface area contributed by atoms with Crippen LogP contribution in [0.3, 0.4) is 0 Å². The van der Waals surface area contributed by atoms with Crippen LogP contribution in [0.5, 0.6) is 0 Å². The Morgan fingerprint density at radius 2 is 1.81 bits per heavy atom. The molecule has 2 unspecified atom stereocenters. The molecule has 2 amide bonds. The zero-order valence-electron chi connectivity index (χ0n) is 19.9. The normalized spacial score (nSPS) is 20.2. The van der Waals surface area contributed by atoms with Gasteiger partial charge in [-0.1, -0.05) is 36.4 Å². The Hall–Kier alpha value is -3.78. The number of carbonyl (C=O) groups excluding carboxylic acids is 2. The smallest absolute Gasteiger partial charge is 0.248 e. The van der Waals surface area contributed by atoms with Gasteiger partial charge in [-0.3, -0.25) is 14.5 Å². The van der Waals surface area contributed by atoms with Gasteiger partial charge in [-0.05, 0) is 47.9 Å². The number of allylic oxidation sites excluding steroid dienone is 4. The van der Waals surface area contributed by atoms with Crippen molar-refractivity contribution in [2.45, 2.75) is 18.8 Å². The first-order valence-electron chi connectivity index (χ1n) is 12.0. The minimum atomic E-state index is -0.475. The van der Waals surface area contributed by atoms with E-state index in [0.717, 1.165) is 11.1 Å². The maximum atomic E-state index is 13.3. The molecule has 188 valence electrons. The van der Waals surface area contributed by atoms with Gasteiger partial charge in [0.2, 0.25) is 11.8 Å². The van der Waals surface area contributed by atoms with Crippen LogP contribution >= 0.6 is 0 Å². The minimum absolute atomic E-state index is 0.101. The van der Waals surface area contributed by atoms with Gasteiger partial charge in [0, 0.05) is 43.7 Å². The Morgan fingerprint density at radius 1 is 1.03 bits per heavy atom. The summed E-state index contributed by atoms with van der Waals surface area (Å²) in [5, 5.41) is 5.69. The zero-order valence-corrected chi connectivity index (χ0v) is 19.9. The quantitative estimate of drug-likeness (QED) is 0.373. The monoisotopic (exact) mass is 492 g/mol. The fourth-order valence-electron chi connectivity index (χ4n) is 4.57. The number of hydrogen-bond acceptors (Lipinski definition) is 4. The summed E-state index contributed by atoms with van der Waals surface area (Å²) in [7, 11) is 0. The van der Waals surface area contributed by atoms with Crippen LogP contribution in [0.25, 0.3) is 6.08 Å². The van der Waals surface area contributed by atoms with E-state index in [1.165, 1.54) is 12.2 Å². The highest BCUT2D eigenvalue weighted by atomic mass is 19.1. The largest absolute Gasteiger partial charge is 0.397 e. The average molecular weight is 493 g/mol. The summed E-state index contributed by atoms with van der Waals surface area (Å²) >= 11 is 0. The number of para-hydroxylation sites is 2. The number of amides is 2. The van der Waals surface area contributed by atoms with Crippen molar-refractivity contribution in [2.75, 3.05) is 37.4 Å². The number of nitrogens with one attached hydrogen (secondary N) is 2. The van der Waals surface area contributed by atoms with Gasteiger partial charge in [-0.2, -0.15) is 0 Å². The molecule has 2 aromatic rings. The van der Waals surface area contributed by atoms with Gasteiger partial charge in [0.15, 0.2) is 0 Å². The van der Waals surface area contributed by atoms with Gasteiger partial charge in [-0.15, -0.1) is 0 Å².